The van der Waals surface area contributed by atoms with Crippen LogP contribution in [0.2, 0.25) is 0 Å². The molecule has 0 aromatic heterocycles. The first-order chi connectivity index (χ1) is 12.0. The number of ether oxygens (including phenoxy) is 2. The number of anilines is 1. The van der Waals surface area contributed by atoms with E-state index in [2.05, 4.69) is 15.9 Å². The molecule has 0 saturated carbocycles. The molecule has 0 amide bonds. The van der Waals surface area contributed by atoms with Gasteiger partial charge < -0.3 is 14.4 Å². The Labute approximate surface area is 154 Å². The number of benzene rings is 2. The predicted octanol–water partition coefficient (Wildman–Crippen LogP) is 3.10. The van der Waals surface area contributed by atoms with Crippen molar-refractivity contribution in [1.82, 2.24) is 0 Å². The largest absolute Gasteiger partial charge is 0.467 e. The summed E-state index contributed by atoms with van der Waals surface area (Å²) in [5, 5.41) is 0. The number of fused-ring (bicyclic) bond motifs is 1. The minimum Gasteiger partial charge on any atom is -0.467 e. The van der Waals surface area contributed by atoms with E-state index >= 15 is 0 Å². The molecule has 3 rings (SSSR count). The van der Waals surface area contributed by atoms with Crippen LogP contribution in [0.25, 0.3) is 0 Å². The molecule has 1 aliphatic heterocycles. The number of halogens is 1. The molecule has 130 valence electrons. The van der Waals surface area contributed by atoms with Crippen molar-refractivity contribution in [3.8, 4) is 0 Å². The van der Waals surface area contributed by atoms with Gasteiger partial charge in [-0.2, -0.15) is 0 Å². The average molecular weight is 404 g/mol. The summed E-state index contributed by atoms with van der Waals surface area (Å²) in [4.78, 5) is 27.2. The van der Waals surface area contributed by atoms with Gasteiger partial charge in [-0.05, 0) is 29.3 Å². The van der Waals surface area contributed by atoms with E-state index in [9.17, 15) is 9.59 Å². The number of carbonyl (C=O) groups is 2. The Hall–Kier alpha value is -2.34. The van der Waals surface area contributed by atoms with Gasteiger partial charge in [0.25, 0.3) is 0 Å². The minimum absolute atomic E-state index is 0.202. The lowest BCUT2D eigenvalue weighted by Gasteiger charge is -2.35. The standard InChI is InChI=1S/C19H18BrNO4/c1-24-17(22)19(18(23)25-2)11-14-10-15(20)8-9-16(14)21(19)12-13-6-4-3-5-7-13/h3-10H,11-12H2,1-2H3. The molecule has 1 aliphatic rings. The van der Waals surface area contributed by atoms with Crippen molar-refractivity contribution < 1.29 is 19.1 Å². The number of methoxy groups -OCH3 is 2. The van der Waals surface area contributed by atoms with Gasteiger partial charge in [0.05, 0.1) is 14.2 Å². The smallest absolute Gasteiger partial charge is 0.343 e. The number of esters is 2. The summed E-state index contributed by atoms with van der Waals surface area (Å²) in [6, 6.07) is 15.4. The highest BCUT2D eigenvalue weighted by Crippen LogP contribution is 2.42. The van der Waals surface area contributed by atoms with E-state index in [4.69, 9.17) is 9.47 Å². The quantitative estimate of drug-likeness (QED) is 0.579. The molecule has 0 spiro atoms. The first kappa shape index (κ1) is 17.5. The highest BCUT2D eigenvalue weighted by molar-refractivity contribution is 9.10. The molecule has 0 bridgehead atoms. The fourth-order valence-corrected chi connectivity index (χ4v) is 3.72. The third-order valence-corrected chi connectivity index (χ3v) is 4.96. The molecule has 0 fully saturated rings. The van der Waals surface area contributed by atoms with Crippen LogP contribution >= 0.6 is 15.9 Å². The molecule has 0 saturated heterocycles. The highest BCUT2D eigenvalue weighted by atomic mass is 79.9. The van der Waals surface area contributed by atoms with Gasteiger partial charge in [0, 0.05) is 23.1 Å². The molecule has 0 N–H and O–H groups in total. The Morgan fingerprint density at radius 1 is 1.08 bits per heavy atom. The molecule has 2 aromatic carbocycles. The van der Waals surface area contributed by atoms with E-state index in [1.165, 1.54) is 14.2 Å². The van der Waals surface area contributed by atoms with E-state index < -0.39 is 17.5 Å². The highest BCUT2D eigenvalue weighted by Gasteiger charge is 2.58. The maximum Gasteiger partial charge on any atom is 0.343 e. The maximum atomic E-state index is 12.7. The summed E-state index contributed by atoms with van der Waals surface area (Å²) in [5.74, 6) is -1.25. The first-order valence-corrected chi connectivity index (χ1v) is 8.59. The molecule has 5 nitrogen and oxygen atoms in total. The molecule has 0 atom stereocenters. The van der Waals surface area contributed by atoms with Crippen molar-refractivity contribution in [2.24, 2.45) is 0 Å². The van der Waals surface area contributed by atoms with Crippen LogP contribution in [0.4, 0.5) is 5.69 Å². The molecular weight excluding hydrogens is 386 g/mol. The molecule has 25 heavy (non-hydrogen) atoms. The van der Waals surface area contributed by atoms with Crippen molar-refractivity contribution in [3.05, 3.63) is 64.1 Å². The van der Waals surface area contributed by atoms with Crippen LogP contribution in [0.15, 0.2) is 53.0 Å². The van der Waals surface area contributed by atoms with Crippen LogP contribution in [0.3, 0.4) is 0 Å². The molecule has 0 unspecified atom stereocenters. The lowest BCUT2D eigenvalue weighted by molar-refractivity contribution is -0.161. The summed E-state index contributed by atoms with van der Waals surface area (Å²) >= 11 is 3.45. The van der Waals surface area contributed by atoms with Crippen molar-refractivity contribution in [3.63, 3.8) is 0 Å². The van der Waals surface area contributed by atoms with Gasteiger partial charge in [-0.25, -0.2) is 9.59 Å². The second-order valence-electron chi connectivity index (χ2n) is 5.86. The van der Waals surface area contributed by atoms with Crippen LogP contribution in [0, 0.1) is 0 Å². The minimum atomic E-state index is -1.53. The zero-order valence-corrected chi connectivity index (χ0v) is 15.6. The monoisotopic (exact) mass is 403 g/mol. The predicted molar refractivity (Wildman–Crippen MR) is 97.2 cm³/mol. The number of carbonyl (C=O) groups excluding carboxylic acids is 2. The number of nitrogens with zero attached hydrogens (tertiary/aromatic N) is 1. The van der Waals surface area contributed by atoms with Crippen molar-refractivity contribution in [1.29, 1.82) is 0 Å². The Morgan fingerprint density at radius 2 is 1.72 bits per heavy atom. The van der Waals surface area contributed by atoms with Gasteiger partial charge in [-0.3, -0.25) is 0 Å². The third kappa shape index (κ3) is 2.91. The first-order valence-electron chi connectivity index (χ1n) is 7.79. The fraction of sp³-hybridized carbons (Fsp3) is 0.263. The lowest BCUT2D eigenvalue weighted by Crippen LogP contribution is -2.59. The van der Waals surface area contributed by atoms with Gasteiger partial charge in [-0.1, -0.05) is 46.3 Å². The van der Waals surface area contributed by atoms with Gasteiger partial charge in [0.2, 0.25) is 5.54 Å². The van der Waals surface area contributed by atoms with E-state index in [1.54, 1.807) is 4.90 Å². The molecule has 1 heterocycles. The van der Waals surface area contributed by atoms with Gasteiger partial charge in [0.15, 0.2) is 0 Å². The summed E-state index contributed by atoms with van der Waals surface area (Å²) in [6.07, 6.45) is 0.202. The van der Waals surface area contributed by atoms with E-state index in [0.717, 1.165) is 21.3 Å². The number of hydrogen-bond donors (Lipinski definition) is 0. The zero-order valence-electron chi connectivity index (χ0n) is 14.0. The van der Waals surface area contributed by atoms with Crippen molar-refractivity contribution in [2.45, 2.75) is 18.5 Å². The molecule has 0 aliphatic carbocycles. The molecule has 2 aromatic rings. The second kappa shape index (κ2) is 6.88. The van der Waals surface area contributed by atoms with E-state index in [0.29, 0.717) is 6.54 Å². The van der Waals surface area contributed by atoms with E-state index in [-0.39, 0.29) is 6.42 Å². The Morgan fingerprint density at radius 3 is 2.32 bits per heavy atom. The molecular formula is C19H18BrNO4. The van der Waals surface area contributed by atoms with E-state index in [1.807, 2.05) is 48.5 Å². The molecule has 0 radical (unpaired) electrons. The topological polar surface area (TPSA) is 55.8 Å². The maximum absolute atomic E-state index is 12.7. The summed E-state index contributed by atoms with van der Waals surface area (Å²) in [6.45, 7) is 0.389. The Balaban J connectivity index is 2.15. The van der Waals surface area contributed by atoms with Crippen LogP contribution in [-0.4, -0.2) is 31.7 Å². The third-order valence-electron chi connectivity index (χ3n) is 4.47. The fourth-order valence-electron chi connectivity index (χ4n) is 3.31. The molecule has 6 heteroatoms. The van der Waals surface area contributed by atoms with Crippen molar-refractivity contribution >= 4 is 33.6 Å². The van der Waals surface area contributed by atoms with Crippen LogP contribution in [0.5, 0.6) is 0 Å². The summed E-state index contributed by atoms with van der Waals surface area (Å²) < 4.78 is 10.9. The summed E-state index contributed by atoms with van der Waals surface area (Å²) in [7, 11) is 2.57. The number of hydrogen-bond acceptors (Lipinski definition) is 5. The Kier molecular flexibility index (Phi) is 4.81. The lowest BCUT2D eigenvalue weighted by atomic mass is 9.93. The van der Waals surface area contributed by atoms with Crippen molar-refractivity contribution in [2.75, 3.05) is 19.1 Å². The van der Waals surface area contributed by atoms with Crippen LogP contribution in [0.1, 0.15) is 11.1 Å². The Bertz CT molecular complexity index is 790. The van der Waals surface area contributed by atoms with Crippen LogP contribution in [-0.2, 0) is 32.0 Å². The zero-order chi connectivity index (χ0) is 18.0. The van der Waals surface area contributed by atoms with Gasteiger partial charge >= 0.3 is 11.9 Å². The van der Waals surface area contributed by atoms with Gasteiger partial charge in [0.1, 0.15) is 0 Å². The second-order valence-corrected chi connectivity index (χ2v) is 6.78. The SMILES string of the molecule is COC(=O)C1(C(=O)OC)Cc2cc(Br)ccc2N1Cc1ccccc1. The van der Waals surface area contributed by atoms with Gasteiger partial charge in [-0.15, -0.1) is 0 Å². The summed E-state index contributed by atoms with van der Waals surface area (Å²) in [5.41, 5.74) is 1.17. The van der Waals surface area contributed by atoms with Crippen LogP contribution < -0.4 is 4.90 Å². The average Bonchev–Trinajstić information content (AvgIpc) is 2.95. The normalized spacial score (nSPS) is 14.8. The number of rotatable bonds is 4.